The van der Waals surface area contributed by atoms with Crippen molar-refractivity contribution in [3.8, 4) is 164 Å². The standard InChI is InChI=1S/C47H28N4.C42H25N3.C41H24N4/c1-3-12-30(13-4-1)45-48-46(31-14-5-2-6-15-31)50-47(49-45)34-19-9-20-35(26-34)51-40-23-11-22-37-39-28-33-17-8-7-16-32(33)27-38(39)36-21-10-18-29-24-25-41(51)44(42(29)36)43(37)40;1-3-11-26(12-4-1)35-25-36(27-13-5-2-6-14-27)44-42(43-35)45-37-20-10-19-32-34-24-30-16-8-7-15-29(30)23-33(34)31-18-9-17-28-21-22-38(45)41(39(28)31)40(32)37;1-3-11-26(12-4-1)39-42-40(27-13-5-2-6-14-27)44-41(43-39)45-34-20-10-19-31-33-24-29-16-8-7-15-28(29)23-32(33)30-18-9-17-25-21-22-35(45)38(36(25)30)37(31)34/h1-28H;1-25H;1-24H. The summed E-state index contributed by atoms with van der Waals surface area (Å²) in [5.74, 6) is 4.52. The van der Waals surface area contributed by atoms with Gasteiger partial charge in [0.25, 0.3) is 0 Å². The van der Waals surface area contributed by atoms with Crippen LogP contribution in [0.25, 0.3) is 294 Å². The van der Waals surface area contributed by atoms with E-state index >= 15 is 0 Å². The molecule has 0 fully saturated rings. The van der Waals surface area contributed by atoms with Gasteiger partial charge in [0.05, 0.1) is 44.5 Å². The molecule has 11 heteroatoms. The van der Waals surface area contributed by atoms with E-state index in [0.29, 0.717) is 41.0 Å². The lowest BCUT2D eigenvalue weighted by Gasteiger charge is -2.15. The quantitative estimate of drug-likeness (QED) is 0.133. The maximum absolute atomic E-state index is 5.26. The third-order valence-electron chi connectivity index (χ3n) is 28.8. The van der Waals surface area contributed by atoms with Crippen LogP contribution in [-0.4, -0.2) is 53.6 Å². The molecule has 141 heavy (non-hydrogen) atoms. The van der Waals surface area contributed by atoms with Crippen molar-refractivity contribution < 1.29 is 0 Å². The lowest BCUT2D eigenvalue weighted by atomic mass is 9.91. The summed E-state index contributed by atoms with van der Waals surface area (Å²) in [5.41, 5.74) is 31.5. The molecule has 0 radical (unpaired) electrons. The second-order valence-electron chi connectivity index (χ2n) is 36.7. The topological polar surface area (TPSA) is 118 Å². The summed E-state index contributed by atoms with van der Waals surface area (Å²) in [4.78, 5) is 40.8. The zero-order valence-electron chi connectivity index (χ0n) is 75.9. The molecule has 0 unspecified atom stereocenters. The largest absolute Gasteiger partial charge is 0.309 e. The van der Waals surface area contributed by atoms with E-state index in [-0.39, 0.29) is 0 Å². The summed E-state index contributed by atoms with van der Waals surface area (Å²) in [7, 11) is 0. The Hall–Kier alpha value is -19.1. The predicted molar refractivity (Wildman–Crippen MR) is 581 cm³/mol. The number of hydrogen-bond acceptors (Lipinski definition) is 8. The van der Waals surface area contributed by atoms with Crippen LogP contribution >= 0.6 is 0 Å². The molecular weight excluding hydrogens is 1720 g/mol. The number of aromatic nitrogens is 11. The lowest BCUT2D eigenvalue weighted by molar-refractivity contribution is 0.953. The molecule has 22 aromatic carbocycles. The molecule has 652 valence electrons. The first kappa shape index (κ1) is 79.3. The second kappa shape index (κ2) is 31.8. The molecule has 3 aliphatic carbocycles. The van der Waals surface area contributed by atoms with Crippen molar-refractivity contribution in [1.29, 1.82) is 0 Å². The van der Waals surface area contributed by atoms with Crippen LogP contribution in [0, 0.1) is 0 Å². The van der Waals surface area contributed by atoms with Crippen LogP contribution in [0.5, 0.6) is 0 Å². The zero-order valence-corrected chi connectivity index (χ0v) is 75.9. The normalized spacial score (nSPS) is 12.0. The van der Waals surface area contributed by atoms with Crippen molar-refractivity contribution in [2.75, 3.05) is 0 Å². The maximum atomic E-state index is 5.26. The summed E-state index contributed by atoms with van der Waals surface area (Å²) in [6.45, 7) is 0. The smallest absolute Gasteiger partial charge is 0.238 e. The molecule has 31 rings (SSSR count). The first-order chi connectivity index (χ1) is 69.9. The highest BCUT2D eigenvalue weighted by Crippen LogP contribution is 2.56. The molecule has 0 amide bonds. The molecule has 0 atom stereocenters. The van der Waals surface area contributed by atoms with Gasteiger partial charge < -0.3 is 4.57 Å². The Morgan fingerprint density at radius 3 is 0.688 bits per heavy atom. The Morgan fingerprint density at radius 1 is 0.128 bits per heavy atom. The molecule has 0 saturated carbocycles. The number of hydrogen-bond donors (Lipinski definition) is 0. The fourth-order valence-corrected chi connectivity index (χ4v) is 22.6. The summed E-state index contributed by atoms with van der Waals surface area (Å²) in [5, 5.41) is 22.6. The van der Waals surface area contributed by atoms with Crippen molar-refractivity contribution >= 4 is 130 Å². The van der Waals surface area contributed by atoms with Gasteiger partial charge in [-0.1, -0.05) is 376 Å². The van der Waals surface area contributed by atoms with Crippen LogP contribution in [0.3, 0.4) is 0 Å². The van der Waals surface area contributed by atoms with Gasteiger partial charge in [0.2, 0.25) is 11.9 Å². The van der Waals surface area contributed by atoms with Crippen LogP contribution in [0.1, 0.15) is 0 Å². The Kier molecular flexibility index (Phi) is 17.9. The van der Waals surface area contributed by atoms with Gasteiger partial charge in [-0.25, -0.2) is 29.9 Å². The average Bonchev–Trinajstić information content (AvgIpc) is 1.55. The van der Waals surface area contributed by atoms with Gasteiger partial charge in [0, 0.05) is 76.9 Å². The third-order valence-corrected chi connectivity index (χ3v) is 28.8. The first-order valence-electron chi connectivity index (χ1n) is 47.8. The van der Waals surface area contributed by atoms with Crippen molar-refractivity contribution in [2.45, 2.75) is 0 Å². The minimum Gasteiger partial charge on any atom is -0.309 e. The van der Waals surface area contributed by atoms with E-state index in [9.17, 15) is 0 Å². The van der Waals surface area contributed by atoms with E-state index in [1.54, 1.807) is 0 Å². The minimum atomic E-state index is 0.607. The number of nitrogens with zero attached hydrogens (tertiary/aromatic N) is 11. The Balaban J connectivity index is 0.000000102. The molecule has 0 spiro atoms. The second-order valence-corrected chi connectivity index (χ2v) is 36.7. The molecule has 11 nitrogen and oxygen atoms in total. The molecule has 6 aromatic heterocycles. The minimum absolute atomic E-state index is 0.607. The van der Waals surface area contributed by atoms with Gasteiger partial charge in [-0.15, -0.1) is 0 Å². The van der Waals surface area contributed by atoms with E-state index < -0.39 is 0 Å². The van der Waals surface area contributed by atoms with Crippen LogP contribution in [-0.2, 0) is 0 Å². The number of benzene rings is 22. The highest BCUT2D eigenvalue weighted by Gasteiger charge is 2.32. The molecule has 0 N–H and O–H groups in total. The van der Waals surface area contributed by atoms with Crippen LogP contribution in [0.2, 0.25) is 0 Å². The highest BCUT2D eigenvalue weighted by molar-refractivity contribution is 6.34. The van der Waals surface area contributed by atoms with Crippen molar-refractivity contribution in [2.24, 2.45) is 0 Å². The number of fused-ring (bicyclic) bond motifs is 12. The molecular formula is C130H77N11. The first-order valence-corrected chi connectivity index (χ1v) is 47.8. The van der Waals surface area contributed by atoms with E-state index in [2.05, 4.69) is 372 Å². The fourth-order valence-electron chi connectivity index (χ4n) is 22.6. The van der Waals surface area contributed by atoms with E-state index in [1.165, 1.54) is 175 Å². The van der Waals surface area contributed by atoms with Gasteiger partial charge >= 0.3 is 0 Å². The third kappa shape index (κ3) is 12.7. The van der Waals surface area contributed by atoms with E-state index in [0.717, 1.165) is 78.1 Å². The summed E-state index contributed by atoms with van der Waals surface area (Å²) >= 11 is 0. The molecule has 6 heterocycles. The summed E-state index contributed by atoms with van der Waals surface area (Å²) < 4.78 is 6.92. The van der Waals surface area contributed by atoms with Gasteiger partial charge in [0.15, 0.2) is 29.1 Å². The van der Waals surface area contributed by atoms with Crippen molar-refractivity contribution in [3.63, 3.8) is 0 Å². The molecule has 3 aliphatic rings. The van der Waals surface area contributed by atoms with Gasteiger partial charge in [0.1, 0.15) is 0 Å². The predicted octanol–water partition coefficient (Wildman–Crippen LogP) is 33.0. The Morgan fingerprint density at radius 2 is 0.362 bits per heavy atom. The van der Waals surface area contributed by atoms with Gasteiger partial charge in [-0.2, -0.15) is 9.97 Å². The molecule has 28 aromatic rings. The summed E-state index contributed by atoms with van der Waals surface area (Å²) in [6, 6.07) is 166. The Bertz CT molecular complexity index is 9570. The average molecular weight is 1790 g/mol. The van der Waals surface area contributed by atoms with Crippen molar-refractivity contribution in [3.05, 3.63) is 467 Å². The van der Waals surface area contributed by atoms with Crippen LogP contribution in [0.4, 0.5) is 0 Å². The zero-order chi connectivity index (χ0) is 92.4. The van der Waals surface area contributed by atoms with Crippen molar-refractivity contribution in [1.82, 2.24) is 53.6 Å². The summed E-state index contributed by atoms with van der Waals surface area (Å²) in [6.07, 6.45) is 0. The van der Waals surface area contributed by atoms with Crippen LogP contribution in [0.15, 0.2) is 467 Å². The SMILES string of the molecule is c1ccc(-c2cc(-c3ccccc3)nc(-n3c4cccc5c4c4c6c(cccc6ccc43)-c3cc4ccccc4cc3-5)n2)cc1.c1ccc(-c2nc(-c3ccccc3)nc(-c3cccc(-n4c5cccc6c5c5c7c(cccc7ccc54)-c4cc5ccccc5cc4-6)c3)n2)cc1.c1ccc(-c2nc(-c3ccccc3)nc(-n3c4cccc5c4c4c6c(cccc6ccc43)-c3cc4ccccc4cc3-5)n2)cc1. The van der Waals surface area contributed by atoms with E-state index in [1.807, 2.05) is 109 Å². The Labute approximate surface area is 808 Å². The van der Waals surface area contributed by atoms with E-state index in [4.69, 9.17) is 39.9 Å². The molecule has 0 aliphatic heterocycles. The molecule has 0 saturated heterocycles. The molecule has 0 bridgehead atoms. The van der Waals surface area contributed by atoms with Gasteiger partial charge in [-0.3, -0.25) is 9.13 Å². The fraction of sp³-hybridized carbons (Fsp3) is 0. The highest BCUT2D eigenvalue weighted by atomic mass is 15.2. The monoisotopic (exact) mass is 1790 g/mol. The van der Waals surface area contributed by atoms with Gasteiger partial charge in [-0.05, 0) is 222 Å². The number of rotatable bonds is 10. The lowest BCUT2D eigenvalue weighted by Crippen LogP contribution is -2.06. The van der Waals surface area contributed by atoms with Crippen LogP contribution < -0.4 is 0 Å². The maximum Gasteiger partial charge on any atom is 0.238 e.